The molecule has 1 aliphatic rings. The van der Waals surface area contributed by atoms with E-state index in [2.05, 4.69) is 30.5 Å². The standard InChI is InChI=1S/C15H24N2OS/c1-11(2)6-7-17-15(18)10-16-9-13-8-12-4-3-5-14(12)19-13/h8,11,16H,3-7,9-10H2,1-2H3,(H,17,18). The molecule has 1 aromatic heterocycles. The highest BCUT2D eigenvalue weighted by Crippen LogP contribution is 2.30. The lowest BCUT2D eigenvalue weighted by molar-refractivity contribution is -0.120. The van der Waals surface area contributed by atoms with Gasteiger partial charge < -0.3 is 10.6 Å². The second-order valence-corrected chi connectivity index (χ2v) is 6.87. The molecule has 4 heteroatoms. The van der Waals surface area contributed by atoms with Gasteiger partial charge in [-0.25, -0.2) is 0 Å². The molecule has 0 fully saturated rings. The van der Waals surface area contributed by atoms with Gasteiger partial charge in [0.15, 0.2) is 0 Å². The summed E-state index contributed by atoms with van der Waals surface area (Å²) in [6, 6.07) is 2.30. The molecule has 0 atom stereocenters. The first-order chi connectivity index (χ1) is 9.15. The maximum absolute atomic E-state index is 11.6. The van der Waals surface area contributed by atoms with Crippen LogP contribution in [0.2, 0.25) is 0 Å². The zero-order valence-corrected chi connectivity index (χ0v) is 12.7. The second-order valence-electron chi connectivity index (χ2n) is 5.65. The Balaban J connectivity index is 1.61. The summed E-state index contributed by atoms with van der Waals surface area (Å²) in [6.07, 6.45) is 4.84. The van der Waals surface area contributed by atoms with Crippen molar-refractivity contribution in [1.29, 1.82) is 0 Å². The smallest absolute Gasteiger partial charge is 0.233 e. The van der Waals surface area contributed by atoms with Crippen molar-refractivity contribution < 1.29 is 4.79 Å². The van der Waals surface area contributed by atoms with Gasteiger partial charge in [0.2, 0.25) is 5.91 Å². The Labute approximate surface area is 119 Å². The van der Waals surface area contributed by atoms with E-state index in [1.807, 2.05) is 11.3 Å². The predicted molar refractivity (Wildman–Crippen MR) is 80.5 cm³/mol. The topological polar surface area (TPSA) is 41.1 Å². The molecule has 1 aromatic rings. The largest absolute Gasteiger partial charge is 0.355 e. The van der Waals surface area contributed by atoms with E-state index in [9.17, 15) is 4.79 Å². The average molecular weight is 280 g/mol. The second kappa shape index (κ2) is 7.06. The first-order valence-electron chi connectivity index (χ1n) is 7.23. The number of rotatable bonds is 7. The highest BCUT2D eigenvalue weighted by molar-refractivity contribution is 7.12. The van der Waals surface area contributed by atoms with Crippen molar-refractivity contribution in [2.24, 2.45) is 5.92 Å². The molecule has 0 saturated heterocycles. The molecule has 3 nitrogen and oxygen atoms in total. The Kier molecular flexibility index (Phi) is 5.40. The first-order valence-corrected chi connectivity index (χ1v) is 8.04. The Bertz CT molecular complexity index is 404. The molecule has 0 saturated carbocycles. The van der Waals surface area contributed by atoms with E-state index in [0.717, 1.165) is 19.5 Å². The fraction of sp³-hybridized carbons (Fsp3) is 0.667. The van der Waals surface area contributed by atoms with Crippen molar-refractivity contribution in [2.75, 3.05) is 13.1 Å². The summed E-state index contributed by atoms with van der Waals surface area (Å²) in [7, 11) is 0. The van der Waals surface area contributed by atoms with E-state index in [1.165, 1.54) is 29.7 Å². The molecule has 1 heterocycles. The molecule has 1 aliphatic carbocycles. The van der Waals surface area contributed by atoms with Crippen molar-refractivity contribution in [3.05, 3.63) is 21.4 Å². The van der Waals surface area contributed by atoms with Crippen molar-refractivity contribution >= 4 is 17.2 Å². The molecular formula is C15H24N2OS. The molecule has 106 valence electrons. The van der Waals surface area contributed by atoms with Gasteiger partial charge in [0.1, 0.15) is 0 Å². The van der Waals surface area contributed by atoms with Crippen LogP contribution in [0.3, 0.4) is 0 Å². The molecule has 0 aliphatic heterocycles. The number of carbonyl (C=O) groups is 1. The highest BCUT2D eigenvalue weighted by atomic mass is 32.1. The summed E-state index contributed by atoms with van der Waals surface area (Å²) in [5.74, 6) is 0.742. The van der Waals surface area contributed by atoms with Crippen LogP contribution in [0.25, 0.3) is 0 Å². The normalized spacial score (nSPS) is 13.8. The molecule has 0 unspecified atom stereocenters. The maximum atomic E-state index is 11.6. The number of carbonyl (C=O) groups excluding carboxylic acids is 1. The van der Waals surface area contributed by atoms with Gasteiger partial charge in [-0.3, -0.25) is 4.79 Å². The minimum atomic E-state index is 0.102. The Morgan fingerprint density at radius 2 is 2.26 bits per heavy atom. The summed E-state index contributed by atoms with van der Waals surface area (Å²) in [5.41, 5.74) is 1.53. The van der Waals surface area contributed by atoms with Gasteiger partial charge in [0.25, 0.3) is 0 Å². The molecule has 0 spiro atoms. The molecule has 2 rings (SSSR count). The Hall–Kier alpha value is -0.870. The lowest BCUT2D eigenvalue weighted by Gasteiger charge is -2.07. The van der Waals surface area contributed by atoms with Crippen LogP contribution in [-0.4, -0.2) is 19.0 Å². The highest BCUT2D eigenvalue weighted by Gasteiger charge is 2.14. The number of hydrogen-bond donors (Lipinski definition) is 2. The monoisotopic (exact) mass is 280 g/mol. The van der Waals surface area contributed by atoms with Gasteiger partial charge in [-0.15, -0.1) is 11.3 Å². The SMILES string of the molecule is CC(C)CCNC(=O)CNCc1cc2c(s1)CCC2. The third-order valence-electron chi connectivity index (χ3n) is 3.43. The minimum absolute atomic E-state index is 0.102. The number of amides is 1. The lowest BCUT2D eigenvalue weighted by Crippen LogP contribution is -2.34. The number of thiophene rings is 1. The van der Waals surface area contributed by atoms with E-state index in [-0.39, 0.29) is 5.91 Å². The zero-order valence-electron chi connectivity index (χ0n) is 11.9. The summed E-state index contributed by atoms with van der Waals surface area (Å²) in [4.78, 5) is 14.5. The molecule has 0 aromatic carbocycles. The molecule has 0 radical (unpaired) electrons. The summed E-state index contributed by atoms with van der Waals surface area (Å²) < 4.78 is 0. The number of aryl methyl sites for hydroxylation is 2. The summed E-state index contributed by atoms with van der Waals surface area (Å²) >= 11 is 1.90. The van der Waals surface area contributed by atoms with E-state index >= 15 is 0 Å². The quantitative estimate of drug-likeness (QED) is 0.805. The lowest BCUT2D eigenvalue weighted by atomic mass is 10.1. The third-order valence-corrected chi connectivity index (χ3v) is 4.66. The number of nitrogens with one attached hydrogen (secondary N) is 2. The molecule has 19 heavy (non-hydrogen) atoms. The third kappa shape index (κ3) is 4.62. The van der Waals surface area contributed by atoms with Crippen LogP contribution < -0.4 is 10.6 Å². The fourth-order valence-corrected chi connectivity index (χ4v) is 3.57. The van der Waals surface area contributed by atoms with E-state index in [1.54, 1.807) is 4.88 Å². The van der Waals surface area contributed by atoms with Crippen LogP contribution >= 0.6 is 11.3 Å². The zero-order chi connectivity index (χ0) is 13.7. The van der Waals surface area contributed by atoms with E-state index in [4.69, 9.17) is 0 Å². The number of fused-ring (bicyclic) bond motifs is 1. The molecule has 2 N–H and O–H groups in total. The number of hydrogen-bond acceptors (Lipinski definition) is 3. The average Bonchev–Trinajstić information content (AvgIpc) is 2.88. The van der Waals surface area contributed by atoms with Gasteiger partial charge in [0.05, 0.1) is 6.54 Å². The Morgan fingerprint density at radius 3 is 3.00 bits per heavy atom. The first kappa shape index (κ1) is 14.5. The van der Waals surface area contributed by atoms with E-state index < -0.39 is 0 Å². The maximum Gasteiger partial charge on any atom is 0.233 e. The molecular weight excluding hydrogens is 256 g/mol. The van der Waals surface area contributed by atoms with Crippen molar-refractivity contribution in [1.82, 2.24) is 10.6 Å². The Morgan fingerprint density at radius 1 is 1.42 bits per heavy atom. The molecule has 0 bridgehead atoms. The summed E-state index contributed by atoms with van der Waals surface area (Å²) in [5, 5.41) is 6.17. The fourth-order valence-electron chi connectivity index (χ4n) is 2.34. The van der Waals surface area contributed by atoms with Gasteiger partial charge in [-0.2, -0.15) is 0 Å². The van der Waals surface area contributed by atoms with Crippen LogP contribution in [0, 0.1) is 5.92 Å². The van der Waals surface area contributed by atoms with Crippen LogP contribution in [0.4, 0.5) is 0 Å². The van der Waals surface area contributed by atoms with E-state index in [0.29, 0.717) is 12.5 Å². The van der Waals surface area contributed by atoms with Crippen LogP contribution in [0.15, 0.2) is 6.07 Å². The van der Waals surface area contributed by atoms with Crippen LogP contribution in [0.1, 0.15) is 42.0 Å². The van der Waals surface area contributed by atoms with Crippen LogP contribution in [0.5, 0.6) is 0 Å². The van der Waals surface area contributed by atoms with Crippen molar-refractivity contribution in [3.63, 3.8) is 0 Å². The van der Waals surface area contributed by atoms with Gasteiger partial charge in [-0.05, 0) is 43.2 Å². The van der Waals surface area contributed by atoms with Gasteiger partial charge in [-0.1, -0.05) is 13.8 Å². The van der Waals surface area contributed by atoms with Gasteiger partial charge >= 0.3 is 0 Å². The van der Waals surface area contributed by atoms with Gasteiger partial charge in [0, 0.05) is 22.8 Å². The minimum Gasteiger partial charge on any atom is -0.355 e. The van der Waals surface area contributed by atoms with Crippen molar-refractivity contribution in [2.45, 2.75) is 46.1 Å². The van der Waals surface area contributed by atoms with Crippen LogP contribution in [-0.2, 0) is 24.2 Å². The van der Waals surface area contributed by atoms with Crippen molar-refractivity contribution in [3.8, 4) is 0 Å². The predicted octanol–water partition coefficient (Wildman–Crippen LogP) is 2.49. The summed E-state index contributed by atoms with van der Waals surface area (Å²) in [6.45, 7) is 6.35. The molecule has 1 amide bonds.